The lowest BCUT2D eigenvalue weighted by molar-refractivity contribution is 0.172. The number of aliphatic hydroxyl groups excluding tert-OH is 1. The second kappa shape index (κ2) is 4.93. The zero-order chi connectivity index (χ0) is 11.5. The Balaban J connectivity index is 1.97. The molecule has 1 aliphatic heterocycles. The van der Waals surface area contributed by atoms with Crippen LogP contribution in [0.5, 0.6) is 0 Å². The lowest BCUT2D eigenvalue weighted by atomic mass is 10.0. The van der Waals surface area contributed by atoms with E-state index in [1.54, 1.807) is 6.92 Å². The summed E-state index contributed by atoms with van der Waals surface area (Å²) in [5.41, 5.74) is 0. The Hall–Kier alpha value is -0.940. The van der Waals surface area contributed by atoms with Crippen molar-refractivity contribution in [3.63, 3.8) is 0 Å². The molecule has 2 atom stereocenters. The van der Waals surface area contributed by atoms with E-state index in [0.29, 0.717) is 17.8 Å². The van der Waals surface area contributed by atoms with E-state index in [1.165, 1.54) is 19.3 Å². The standard InChI is InChI=1S/C11H19N3O2/c1-8(15)11-12-10(16-13-11)7-9-5-3-4-6-14(9)2/h8-9,15H,3-7H2,1-2H3. The molecule has 0 spiro atoms. The Morgan fingerprint density at radius 2 is 2.38 bits per heavy atom. The van der Waals surface area contributed by atoms with Gasteiger partial charge in [-0.25, -0.2) is 0 Å². The average molecular weight is 225 g/mol. The SMILES string of the molecule is CC(O)c1noc(CC2CCCCN2C)n1. The number of likely N-dealkylation sites (N-methyl/N-ethyl adjacent to an activating group) is 1. The minimum absolute atomic E-state index is 0.383. The van der Waals surface area contributed by atoms with Gasteiger partial charge in [-0.2, -0.15) is 4.98 Å². The molecule has 0 saturated carbocycles. The van der Waals surface area contributed by atoms with Gasteiger partial charge < -0.3 is 14.5 Å². The number of hydrogen-bond donors (Lipinski definition) is 1. The van der Waals surface area contributed by atoms with Gasteiger partial charge in [0, 0.05) is 12.5 Å². The molecule has 0 aromatic carbocycles. The van der Waals surface area contributed by atoms with Gasteiger partial charge in [0.25, 0.3) is 0 Å². The molecule has 90 valence electrons. The monoisotopic (exact) mass is 225 g/mol. The van der Waals surface area contributed by atoms with Crippen molar-refractivity contribution in [1.29, 1.82) is 0 Å². The van der Waals surface area contributed by atoms with E-state index in [4.69, 9.17) is 4.52 Å². The normalized spacial score (nSPS) is 24.6. The van der Waals surface area contributed by atoms with Crippen LogP contribution in [0.4, 0.5) is 0 Å². The summed E-state index contributed by atoms with van der Waals surface area (Å²) in [7, 11) is 2.13. The Labute approximate surface area is 95.4 Å². The van der Waals surface area contributed by atoms with Gasteiger partial charge in [-0.1, -0.05) is 11.6 Å². The van der Waals surface area contributed by atoms with Gasteiger partial charge in [0.1, 0.15) is 6.10 Å². The van der Waals surface area contributed by atoms with Crippen LogP contribution in [0.2, 0.25) is 0 Å². The summed E-state index contributed by atoms with van der Waals surface area (Å²) < 4.78 is 5.13. The van der Waals surface area contributed by atoms with E-state index in [9.17, 15) is 5.11 Å². The number of aliphatic hydroxyl groups is 1. The highest BCUT2D eigenvalue weighted by Crippen LogP contribution is 2.19. The molecule has 0 amide bonds. The lowest BCUT2D eigenvalue weighted by Crippen LogP contribution is -2.37. The van der Waals surface area contributed by atoms with Crippen LogP contribution in [0.25, 0.3) is 0 Å². The van der Waals surface area contributed by atoms with Crippen molar-refractivity contribution in [2.75, 3.05) is 13.6 Å². The highest BCUT2D eigenvalue weighted by Gasteiger charge is 2.22. The van der Waals surface area contributed by atoms with Crippen molar-refractivity contribution in [2.45, 2.75) is 44.8 Å². The topological polar surface area (TPSA) is 62.4 Å². The molecule has 0 bridgehead atoms. The van der Waals surface area contributed by atoms with Crippen LogP contribution in [-0.4, -0.2) is 39.8 Å². The molecule has 2 rings (SSSR count). The van der Waals surface area contributed by atoms with Gasteiger partial charge in [-0.15, -0.1) is 0 Å². The average Bonchev–Trinajstić information content (AvgIpc) is 2.70. The molecule has 2 heterocycles. The quantitative estimate of drug-likeness (QED) is 0.836. The fourth-order valence-electron chi connectivity index (χ4n) is 2.12. The summed E-state index contributed by atoms with van der Waals surface area (Å²) in [4.78, 5) is 6.53. The minimum Gasteiger partial charge on any atom is -0.385 e. The molecule has 0 aliphatic carbocycles. The first-order valence-electron chi connectivity index (χ1n) is 5.87. The molecule has 1 aromatic rings. The molecule has 1 N–H and O–H groups in total. The van der Waals surface area contributed by atoms with Gasteiger partial charge >= 0.3 is 0 Å². The lowest BCUT2D eigenvalue weighted by Gasteiger charge is -2.31. The summed E-state index contributed by atoms with van der Waals surface area (Å²) in [5.74, 6) is 1.02. The van der Waals surface area contributed by atoms with E-state index in [-0.39, 0.29) is 0 Å². The Morgan fingerprint density at radius 3 is 3.00 bits per heavy atom. The smallest absolute Gasteiger partial charge is 0.228 e. The summed E-state index contributed by atoms with van der Waals surface area (Å²) in [6.07, 6.45) is 3.86. The molecule has 0 radical (unpaired) electrons. The molecule has 2 unspecified atom stereocenters. The fourth-order valence-corrected chi connectivity index (χ4v) is 2.12. The maximum atomic E-state index is 9.30. The first-order chi connectivity index (χ1) is 7.66. The highest BCUT2D eigenvalue weighted by atomic mass is 16.5. The summed E-state index contributed by atoms with van der Waals surface area (Å²) in [5, 5.41) is 13.1. The van der Waals surface area contributed by atoms with E-state index in [1.807, 2.05) is 0 Å². The minimum atomic E-state index is -0.651. The zero-order valence-electron chi connectivity index (χ0n) is 9.89. The van der Waals surface area contributed by atoms with Gasteiger partial charge in [0.05, 0.1) is 0 Å². The molecule has 1 fully saturated rings. The summed E-state index contributed by atoms with van der Waals surface area (Å²) in [6, 6.07) is 0.496. The number of hydrogen-bond acceptors (Lipinski definition) is 5. The number of piperidine rings is 1. The van der Waals surface area contributed by atoms with Crippen LogP contribution in [0.15, 0.2) is 4.52 Å². The van der Waals surface area contributed by atoms with Crippen molar-refractivity contribution < 1.29 is 9.63 Å². The third kappa shape index (κ3) is 2.59. The van der Waals surface area contributed by atoms with Gasteiger partial charge in [-0.05, 0) is 33.4 Å². The van der Waals surface area contributed by atoms with Crippen molar-refractivity contribution >= 4 is 0 Å². The van der Waals surface area contributed by atoms with Gasteiger partial charge in [0.15, 0.2) is 5.82 Å². The van der Waals surface area contributed by atoms with Crippen LogP contribution in [0.3, 0.4) is 0 Å². The second-order valence-corrected chi connectivity index (χ2v) is 4.56. The summed E-state index contributed by atoms with van der Waals surface area (Å²) >= 11 is 0. The number of rotatable bonds is 3. The zero-order valence-corrected chi connectivity index (χ0v) is 9.89. The van der Waals surface area contributed by atoms with Crippen LogP contribution in [0, 0.1) is 0 Å². The predicted molar refractivity (Wildman–Crippen MR) is 58.9 cm³/mol. The van der Waals surface area contributed by atoms with E-state index in [2.05, 4.69) is 22.1 Å². The largest absolute Gasteiger partial charge is 0.385 e. The molecule has 1 aliphatic rings. The first kappa shape index (κ1) is 11.5. The van der Waals surface area contributed by atoms with Crippen molar-refractivity contribution in [2.24, 2.45) is 0 Å². The Morgan fingerprint density at radius 1 is 1.56 bits per heavy atom. The van der Waals surface area contributed by atoms with Crippen LogP contribution in [0.1, 0.15) is 44.0 Å². The summed E-state index contributed by atoms with van der Waals surface area (Å²) in [6.45, 7) is 2.78. The fraction of sp³-hybridized carbons (Fsp3) is 0.818. The van der Waals surface area contributed by atoms with E-state index < -0.39 is 6.10 Å². The third-order valence-electron chi connectivity index (χ3n) is 3.19. The third-order valence-corrected chi connectivity index (χ3v) is 3.19. The molecular formula is C11H19N3O2. The van der Waals surface area contributed by atoms with E-state index >= 15 is 0 Å². The molecular weight excluding hydrogens is 206 g/mol. The van der Waals surface area contributed by atoms with Crippen molar-refractivity contribution in [3.8, 4) is 0 Å². The Bertz CT molecular complexity index is 338. The highest BCUT2D eigenvalue weighted by molar-refractivity contribution is 4.92. The first-order valence-corrected chi connectivity index (χ1v) is 5.87. The van der Waals surface area contributed by atoms with Crippen molar-refractivity contribution in [1.82, 2.24) is 15.0 Å². The maximum Gasteiger partial charge on any atom is 0.228 e. The Kier molecular flexibility index (Phi) is 3.56. The second-order valence-electron chi connectivity index (χ2n) is 4.56. The number of likely N-dealkylation sites (tertiary alicyclic amines) is 1. The number of aromatic nitrogens is 2. The number of nitrogens with zero attached hydrogens (tertiary/aromatic N) is 3. The van der Waals surface area contributed by atoms with Crippen LogP contribution >= 0.6 is 0 Å². The maximum absolute atomic E-state index is 9.30. The van der Waals surface area contributed by atoms with Crippen LogP contribution < -0.4 is 0 Å². The molecule has 5 nitrogen and oxygen atoms in total. The molecule has 16 heavy (non-hydrogen) atoms. The van der Waals surface area contributed by atoms with Crippen LogP contribution in [-0.2, 0) is 6.42 Å². The molecule has 1 aromatic heterocycles. The molecule has 1 saturated heterocycles. The van der Waals surface area contributed by atoms with Gasteiger partial charge in [-0.3, -0.25) is 0 Å². The predicted octanol–water partition coefficient (Wildman–Crippen LogP) is 1.15. The van der Waals surface area contributed by atoms with Crippen molar-refractivity contribution in [3.05, 3.63) is 11.7 Å². The van der Waals surface area contributed by atoms with Gasteiger partial charge in [0.2, 0.25) is 5.89 Å². The molecule has 5 heteroatoms. The van der Waals surface area contributed by atoms with E-state index in [0.717, 1.165) is 13.0 Å².